The third kappa shape index (κ3) is 4.42. The summed E-state index contributed by atoms with van der Waals surface area (Å²) in [7, 11) is 0. The molecule has 0 unspecified atom stereocenters. The number of phenols is 2. The van der Waals surface area contributed by atoms with Crippen molar-refractivity contribution in [3.8, 4) is 11.5 Å². The standard InChI is InChI=1S/C19H22N2O2/c1-13(21-15(3)17-9-5-7-11-19(17)23)12-20-14(2)16-8-4-6-10-18(16)22/h4-11,13,22-23H,12H2,1-3H3/t13-/m0/s1. The minimum atomic E-state index is -0.0181. The van der Waals surface area contributed by atoms with Crippen LogP contribution >= 0.6 is 0 Å². The molecule has 0 bridgehead atoms. The molecular formula is C19H22N2O2. The zero-order valence-corrected chi connectivity index (χ0v) is 13.7. The lowest BCUT2D eigenvalue weighted by molar-refractivity contribution is 0.473. The SMILES string of the molecule is CC(=NC[C@H](C)N=C(C)c1ccccc1O)c1ccccc1O. The van der Waals surface area contributed by atoms with Crippen LogP contribution in [0.25, 0.3) is 0 Å². The van der Waals surface area contributed by atoms with Crippen molar-refractivity contribution in [2.45, 2.75) is 26.8 Å². The van der Waals surface area contributed by atoms with E-state index in [9.17, 15) is 10.2 Å². The average molecular weight is 310 g/mol. The summed E-state index contributed by atoms with van der Waals surface area (Å²) in [5.41, 5.74) is 3.04. The third-order valence-electron chi connectivity index (χ3n) is 3.59. The average Bonchev–Trinajstić information content (AvgIpc) is 2.53. The van der Waals surface area contributed by atoms with Crippen LogP contribution < -0.4 is 0 Å². The smallest absolute Gasteiger partial charge is 0.124 e. The second-order valence-electron chi connectivity index (χ2n) is 5.52. The van der Waals surface area contributed by atoms with E-state index in [1.54, 1.807) is 24.3 Å². The molecule has 4 nitrogen and oxygen atoms in total. The lowest BCUT2D eigenvalue weighted by Gasteiger charge is -2.09. The highest BCUT2D eigenvalue weighted by atomic mass is 16.3. The van der Waals surface area contributed by atoms with E-state index in [1.807, 2.05) is 45.0 Å². The molecule has 120 valence electrons. The number of phenolic OH excluding ortho intramolecular Hbond substituents is 2. The molecule has 0 aromatic heterocycles. The van der Waals surface area contributed by atoms with Crippen LogP contribution in [-0.2, 0) is 0 Å². The second kappa shape index (κ2) is 7.58. The Bertz CT molecular complexity index is 736. The summed E-state index contributed by atoms with van der Waals surface area (Å²) in [6, 6.07) is 14.3. The van der Waals surface area contributed by atoms with Gasteiger partial charge in [-0.25, -0.2) is 0 Å². The van der Waals surface area contributed by atoms with E-state index in [1.165, 1.54) is 0 Å². The van der Waals surface area contributed by atoms with Crippen molar-refractivity contribution in [2.75, 3.05) is 6.54 Å². The summed E-state index contributed by atoms with van der Waals surface area (Å²) in [4.78, 5) is 9.09. The summed E-state index contributed by atoms with van der Waals surface area (Å²) in [6.07, 6.45) is 0. The first-order valence-electron chi connectivity index (χ1n) is 7.61. The van der Waals surface area contributed by atoms with Gasteiger partial charge in [0.05, 0.1) is 12.6 Å². The monoisotopic (exact) mass is 310 g/mol. The molecule has 2 N–H and O–H groups in total. The van der Waals surface area contributed by atoms with Gasteiger partial charge in [-0.1, -0.05) is 24.3 Å². The third-order valence-corrected chi connectivity index (χ3v) is 3.59. The Hall–Kier alpha value is -2.62. The molecule has 0 saturated heterocycles. The van der Waals surface area contributed by atoms with E-state index in [4.69, 9.17) is 0 Å². The van der Waals surface area contributed by atoms with Crippen molar-refractivity contribution in [1.82, 2.24) is 0 Å². The maximum absolute atomic E-state index is 9.85. The first kappa shape index (κ1) is 16.7. The van der Waals surface area contributed by atoms with Crippen molar-refractivity contribution in [2.24, 2.45) is 9.98 Å². The van der Waals surface area contributed by atoms with Gasteiger partial charge in [0.15, 0.2) is 0 Å². The Labute approximate surface area is 136 Å². The van der Waals surface area contributed by atoms with Crippen LogP contribution in [-0.4, -0.2) is 34.2 Å². The van der Waals surface area contributed by atoms with Gasteiger partial charge < -0.3 is 10.2 Å². The van der Waals surface area contributed by atoms with Crippen LogP contribution in [0.2, 0.25) is 0 Å². The molecule has 0 heterocycles. The molecule has 0 aliphatic carbocycles. The van der Waals surface area contributed by atoms with Crippen molar-refractivity contribution in [3.63, 3.8) is 0 Å². The van der Waals surface area contributed by atoms with Crippen LogP contribution in [0.1, 0.15) is 31.9 Å². The Kier molecular flexibility index (Phi) is 5.52. The molecule has 2 aromatic carbocycles. The Morgan fingerprint density at radius 1 is 0.870 bits per heavy atom. The van der Waals surface area contributed by atoms with E-state index >= 15 is 0 Å². The summed E-state index contributed by atoms with van der Waals surface area (Å²) < 4.78 is 0. The maximum atomic E-state index is 9.85. The lowest BCUT2D eigenvalue weighted by atomic mass is 10.1. The number of aliphatic imine (C=N–C) groups is 2. The molecule has 2 aromatic rings. The molecule has 0 amide bonds. The molecule has 0 spiro atoms. The van der Waals surface area contributed by atoms with Gasteiger partial charge in [0.1, 0.15) is 11.5 Å². The normalized spacial score (nSPS) is 13.9. The minimum absolute atomic E-state index is 0.0181. The molecule has 4 heteroatoms. The molecule has 0 aliphatic heterocycles. The Balaban J connectivity index is 2.09. The first-order valence-corrected chi connectivity index (χ1v) is 7.61. The zero-order valence-electron chi connectivity index (χ0n) is 13.7. The van der Waals surface area contributed by atoms with Crippen molar-refractivity contribution in [1.29, 1.82) is 0 Å². The number of para-hydroxylation sites is 2. The molecule has 0 aliphatic rings. The van der Waals surface area contributed by atoms with E-state index in [0.717, 1.165) is 22.6 Å². The van der Waals surface area contributed by atoms with E-state index in [0.29, 0.717) is 6.54 Å². The number of aromatic hydroxyl groups is 2. The quantitative estimate of drug-likeness (QED) is 0.825. The van der Waals surface area contributed by atoms with Crippen LogP contribution in [0.5, 0.6) is 11.5 Å². The van der Waals surface area contributed by atoms with Crippen molar-refractivity contribution < 1.29 is 10.2 Å². The summed E-state index contributed by atoms with van der Waals surface area (Å²) in [6.45, 7) is 6.25. The number of hydrogen-bond acceptors (Lipinski definition) is 4. The second-order valence-corrected chi connectivity index (χ2v) is 5.52. The van der Waals surface area contributed by atoms with Gasteiger partial charge in [-0.05, 0) is 45.0 Å². The molecule has 1 atom stereocenters. The fourth-order valence-corrected chi connectivity index (χ4v) is 2.35. The highest BCUT2D eigenvalue weighted by Gasteiger charge is 2.07. The first-order chi connectivity index (χ1) is 11.0. The zero-order chi connectivity index (χ0) is 16.8. The topological polar surface area (TPSA) is 65.2 Å². The molecule has 0 radical (unpaired) electrons. The molecule has 0 saturated carbocycles. The fraction of sp³-hybridized carbons (Fsp3) is 0.263. The highest BCUT2D eigenvalue weighted by Crippen LogP contribution is 2.18. The van der Waals surface area contributed by atoms with Gasteiger partial charge in [0, 0.05) is 22.6 Å². The lowest BCUT2D eigenvalue weighted by Crippen LogP contribution is -2.09. The van der Waals surface area contributed by atoms with E-state index in [2.05, 4.69) is 9.98 Å². The predicted octanol–water partition coefficient (Wildman–Crippen LogP) is 3.80. The Morgan fingerprint density at radius 3 is 1.87 bits per heavy atom. The number of rotatable bonds is 5. The highest BCUT2D eigenvalue weighted by molar-refractivity contribution is 6.01. The van der Waals surface area contributed by atoms with E-state index in [-0.39, 0.29) is 17.5 Å². The molecular weight excluding hydrogens is 288 g/mol. The predicted molar refractivity (Wildman–Crippen MR) is 95.0 cm³/mol. The van der Waals surface area contributed by atoms with Crippen molar-refractivity contribution >= 4 is 11.4 Å². The van der Waals surface area contributed by atoms with Gasteiger partial charge in [-0.2, -0.15) is 0 Å². The van der Waals surface area contributed by atoms with Crippen LogP contribution in [0.4, 0.5) is 0 Å². The molecule has 0 fully saturated rings. The van der Waals surface area contributed by atoms with Crippen LogP contribution in [0.15, 0.2) is 58.5 Å². The summed E-state index contributed by atoms with van der Waals surface area (Å²) in [5, 5.41) is 19.7. The Morgan fingerprint density at radius 2 is 1.35 bits per heavy atom. The maximum Gasteiger partial charge on any atom is 0.124 e. The number of hydrogen-bond donors (Lipinski definition) is 2. The van der Waals surface area contributed by atoms with Crippen molar-refractivity contribution in [3.05, 3.63) is 59.7 Å². The van der Waals surface area contributed by atoms with Gasteiger partial charge in [0.2, 0.25) is 0 Å². The molecule has 2 rings (SSSR count). The van der Waals surface area contributed by atoms with Gasteiger partial charge >= 0.3 is 0 Å². The van der Waals surface area contributed by atoms with Gasteiger partial charge in [0.25, 0.3) is 0 Å². The van der Waals surface area contributed by atoms with Gasteiger partial charge in [-0.15, -0.1) is 0 Å². The summed E-state index contributed by atoms with van der Waals surface area (Å²) in [5.74, 6) is 0.463. The van der Waals surface area contributed by atoms with Gasteiger partial charge in [-0.3, -0.25) is 9.98 Å². The number of nitrogens with zero attached hydrogens (tertiary/aromatic N) is 2. The largest absolute Gasteiger partial charge is 0.507 e. The minimum Gasteiger partial charge on any atom is -0.507 e. The number of benzene rings is 2. The molecule has 23 heavy (non-hydrogen) atoms. The summed E-state index contributed by atoms with van der Waals surface area (Å²) >= 11 is 0. The van der Waals surface area contributed by atoms with Crippen LogP contribution in [0, 0.1) is 0 Å². The fourth-order valence-electron chi connectivity index (χ4n) is 2.35. The van der Waals surface area contributed by atoms with E-state index < -0.39 is 0 Å². The van der Waals surface area contributed by atoms with Crippen LogP contribution in [0.3, 0.4) is 0 Å².